The fourth-order valence-corrected chi connectivity index (χ4v) is 10.2. The molecule has 0 fully saturated rings. The minimum absolute atomic E-state index is 0.220. The molecule has 1 aromatic carbocycles. The van der Waals surface area contributed by atoms with Gasteiger partial charge in [0, 0.05) is 7.26 Å². The second-order valence-corrected chi connectivity index (χ2v) is 15.3. The van der Waals surface area contributed by atoms with E-state index in [1.807, 2.05) is 0 Å². The molecule has 0 radical (unpaired) electrons. The monoisotopic (exact) mass is 520 g/mol. The number of aromatic carboxylic acids is 1. The Morgan fingerprint density at radius 2 is 0.861 bits per heavy atom. The van der Waals surface area contributed by atoms with Gasteiger partial charge in [-0.3, -0.25) is 0 Å². The lowest BCUT2D eigenvalue weighted by molar-refractivity contribution is -0.255. The quantitative estimate of drug-likeness (QED) is 0.106. The van der Waals surface area contributed by atoms with Crippen molar-refractivity contribution in [2.75, 3.05) is 24.6 Å². The molecular formula is C33H61O2P. The van der Waals surface area contributed by atoms with Crippen LogP contribution in [-0.4, -0.2) is 30.6 Å². The Bertz CT molecular complexity index is 565. The number of benzene rings is 1. The smallest absolute Gasteiger partial charge is 0.0715 e. The summed E-state index contributed by atoms with van der Waals surface area (Å²) < 4.78 is 0. The van der Waals surface area contributed by atoms with E-state index in [1.165, 1.54) is 121 Å². The van der Waals surface area contributed by atoms with Crippen LogP contribution in [0.2, 0.25) is 0 Å². The van der Waals surface area contributed by atoms with Gasteiger partial charge in [0.2, 0.25) is 0 Å². The molecule has 0 N–H and O–H groups in total. The van der Waals surface area contributed by atoms with Crippen molar-refractivity contribution in [1.82, 2.24) is 0 Å². The van der Waals surface area contributed by atoms with Gasteiger partial charge in [-0.15, -0.1) is 0 Å². The molecule has 0 bridgehead atoms. The maximum atomic E-state index is 10.1. The highest BCUT2D eigenvalue weighted by Gasteiger charge is 2.34. The molecule has 0 atom stereocenters. The van der Waals surface area contributed by atoms with E-state index in [0.29, 0.717) is 0 Å². The minimum atomic E-state index is -1.13. The SMILES string of the molecule is CCCCCCCCCCCCCC[P+](CCCC)(CCCC)CCCC.O=C([O-])c1ccccc1. The molecule has 0 saturated heterocycles. The highest BCUT2D eigenvalue weighted by atomic mass is 31.2. The molecule has 0 heterocycles. The fourth-order valence-electron chi connectivity index (χ4n) is 5.01. The van der Waals surface area contributed by atoms with E-state index in [2.05, 4.69) is 27.7 Å². The highest BCUT2D eigenvalue weighted by Crippen LogP contribution is 2.61. The number of hydrogen-bond donors (Lipinski definition) is 0. The predicted molar refractivity (Wildman–Crippen MR) is 163 cm³/mol. The van der Waals surface area contributed by atoms with Gasteiger partial charge in [0.15, 0.2) is 0 Å². The molecule has 1 aromatic rings. The zero-order valence-corrected chi connectivity index (χ0v) is 25.6. The first-order chi connectivity index (χ1) is 17.5. The third-order valence-electron chi connectivity index (χ3n) is 7.45. The minimum Gasteiger partial charge on any atom is -0.545 e. The topological polar surface area (TPSA) is 40.1 Å². The second kappa shape index (κ2) is 25.8. The van der Waals surface area contributed by atoms with Gasteiger partial charge < -0.3 is 9.90 Å². The van der Waals surface area contributed by atoms with Crippen LogP contribution >= 0.6 is 7.26 Å². The standard InChI is InChI=1S/C26H56P.C7H6O2/c1-5-9-13-14-15-16-17-18-19-20-21-22-26-27(23-10-6-2,24-11-7-3)25-12-8-4;8-7(9)6-4-2-1-3-5-6/h5-26H2,1-4H3;1-5H,(H,8,9)/q+1;/p-1. The summed E-state index contributed by atoms with van der Waals surface area (Å²) in [5.41, 5.74) is 0.220. The number of carboxylic acids is 1. The fraction of sp³-hybridized carbons (Fsp3) is 0.788. The number of hydrogen-bond acceptors (Lipinski definition) is 2. The van der Waals surface area contributed by atoms with Gasteiger partial charge in [-0.05, 0) is 37.7 Å². The van der Waals surface area contributed by atoms with Crippen LogP contribution < -0.4 is 5.11 Å². The summed E-state index contributed by atoms with van der Waals surface area (Å²) in [4.78, 5) is 10.1. The zero-order valence-electron chi connectivity index (χ0n) is 24.7. The molecule has 0 aliphatic heterocycles. The van der Waals surface area contributed by atoms with Crippen molar-refractivity contribution in [3.63, 3.8) is 0 Å². The number of unbranched alkanes of at least 4 members (excludes halogenated alkanes) is 14. The van der Waals surface area contributed by atoms with E-state index >= 15 is 0 Å². The van der Waals surface area contributed by atoms with Gasteiger partial charge in [-0.25, -0.2) is 0 Å². The predicted octanol–water partition coefficient (Wildman–Crippen LogP) is 10.2. The molecule has 0 saturated carbocycles. The molecular weight excluding hydrogens is 459 g/mol. The van der Waals surface area contributed by atoms with E-state index in [1.54, 1.807) is 49.3 Å². The maximum Gasteiger partial charge on any atom is 0.0715 e. The summed E-state index contributed by atoms with van der Waals surface area (Å²) in [6.45, 7) is 9.47. The van der Waals surface area contributed by atoms with E-state index in [4.69, 9.17) is 0 Å². The van der Waals surface area contributed by atoms with Crippen LogP contribution in [0.3, 0.4) is 0 Å². The molecule has 36 heavy (non-hydrogen) atoms. The van der Waals surface area contributed by atoms with Gasteiger partial charge in [0.25, 0.3) is 0 Å². The Morgan fingerprint density at radius 1 is 0.528 bits per heavy atom. The van der Waals surface area contributed by atoms with Crippen LogP contribution in [0.15, 0.2) is 30.3 Å². The first-order valence-corrected chi connectivity index (χ1v) is 18.2. The van der Waals surface area contributed by atoms with Crippen LogP contribution in [0.5, 0.6) is 0 Å². The third-order valence-corrected chi connectivity index (χ3v) is 12.5. The second-order valence-electron chi connectivity index (χ2n) is 10.8. The Hall–Kier alpha value is -0.880. The van der Waals surface area contributed by atoms with Gasteiger partial charge in [-0.2, -0.15) is 0 Å². The molecule has 0 amide bonds. The summed E-state index contributed by atoms with van der Waals surface area (Å²) in [6.07, 6.45) is 33.0. The highest BCUT2D eigenvalue weighted by molar-refractivity contribution is 7.75. The van der Waals surface area contributed by atoms with Crippen molar-refractivity contribution < 1.29 is 9.90 Å². The van der Waals surface area contributed by atoms with E-state index in [0.717, 1.165) is 0 Å². The van der Waals surface area contributed by atoms with Crippen molar-refractivity contribution in [2.24, 2.45) is 0 Å². The Balaban J connectivity index is 0.00000113. The lowest BCUT2D eigenvalue weighted by Crippen LogP contribution is -2.21. The summed E-state index contributed by atoms with van der Waals surface area (Å²) in [5, 5.41) is 10.1. The largest absolute Gasteiger partial charge is 0.545 e. The molecule has 210 valence electrons. The Labute approximate surface area is 226 Å². The van der Waals surface area contributed by atoms with E-state index < -0.39 is 13.2 Å². The van der Waals surface area contributed by atoms with Crippen LogP contribution in [0.4, 0.5) is 0 Å². The normalized spacial score (nSPS) is 11.2. The molecule has 0 unspecified atom stereocenters. The van der Waals surface area contributed by atoms with Crippen LogP contribution in [0.1, 0.15) is 154 Å². The van der Waals surface area contributed by atoms with E-state index in [9.17, 15) is 9.90 Å². The number of carbonyl (C=O) groups is 1. The van der Waals surface area contributed by atoms with Gasteiger partial charge >= 0.3 is 0 Å². The Morgan fingerprint density at radius 3 is 1.19 bits per heavy atom. The molecule has 0 spiro atoms. The van der Waals surface area contributed by atoms with Crippen molar-refractivity contribution in [3.8, 4) is 0 Å². The summed E-state index contributed by atoms with van der Waals surface area (Å²) >= 11 is 0. The Kier molecular flexibility index (Phi) is 25.1. The van der Waals surface area contributed by atoms with Crippen molar-refractivity contribution in [1.29, 1.82) is 0 Å². The maximum absolute atomic E-state index is 10.1. The number of carboxylic acid groups (broad SMARTS) is 1. The summed E-state index contributed by atoms with van der Waals surface area (Å²) in [7, 11) is -0.626. The van der Waals surface area contributed by atoms with Crippen LogP contribution in [0.25, 0.3) is 0 Å². The molecule has 3 heteroatoms. The molecule has 0 aliphatic carbocycles. The third kappa shape index (κ3) is 20.2. The van der Waals surface area contributed by atoms with Crippen molar-refractivity contribution >= 4 is 13.2 Å². The molecule has 1 rings (SSSR count). The summed E-state index contributed by atoms with van der Waals surface area (Å²) in [6, 6.07) is 8.06. The van der Waals surface area contributed by atoms with Crippen LogP contribution in [0, 0.1) is 0 Å². The summed E-state index contributed by atoms with van der Waals surface area (Å²) in [5.74, 6) is -1.13. The average molecular weight is 521 g/mol. The lowest BCUT2D eigenvalue weighted by Gasteiger charge is -2.28. The van der Waals surface area contributed by atoms with Gasteiger partial charge in [-0.1, -0.05) is 141 Å². The molecule has 0 aromatic heterocycles. The van der Waals surface area contributed by atoms with Gasteiger partial charge in [0.1, 0.15) is 0 Å². The van der Waals surface area contributed by atoms with Gasteiger partial charge in [0.05, 0.1) is 30.6 Å². The first kappa shape index (κ1) is 35.1. The number of rotatable bonds is 23. The van der Waals surface area contributed by atoms with Crippen LogP contribution in [-0.2, 0) is 0 Å². The van der Waals surface area contributed by atoms with Crippen molar-refractivity contribution in [2.45, 2.75) is 143 Å². The lowest BCUT2D eigenvalue weighted by atomic mass is 10.1. The zero-order chi connectivity index (χ0) is 26.7. The van der Waals surface area contributed by atoms with E-state index in [-0.39, 0.29) is 5.56 Å². The first-order valence-electron chi connectivity index (χ1n) is 15.7. The molecule has 0 aliphatic rings. The molecule has 2 nitrogen and oxygen atoms in total. The average Bonchev–Trinajstić information content (AvgIpc) is 2.90. The van der Waals surface area contributed by atoms with Crippen molar-refractivity contribution in [3.05, 3.63) is 35.9 Å². The number of carbonyl (C=O) groups excluding carboxylic acids is 1.